The van der Waals surface area contributed by atoms with Crippen molar-refractivity contribution in [1.82, 2.24) is 25.6 Å². The monoisotopic (exact) mass is 405 g/mol. The molecule has 7 nitrogen and oxygen atoms in total. The molecule has 2 aliphatic rings. The number of amides is 2. The number of piperazine rings is 1. The van der Waals surface area contributed by atoms with E-state index in [1.807, 2.05) is 18.2 Å². The van der Waals surface area contributed by atoms with Crippen LogP contribution >= 0.6 is 11.6 Å². The molecule has 0 aromatic heterocycles. The van der Waals surface area contributed by atoms with Gasteiger partial charge in [-0.15, -0.1) is 0 Å². The van der Waals surface area contributed by atoms with Gasteiger partial charge in [0.15, 0.2) is 0 Å². The van der Waals surface area contributed by atoms with Crippen LogP contribution in [0.2, 0.25) is 5.02 Å². The van der Waals surface area contributed by atoms with Crippen LogP contribution in [0.3, 0.4) is 0 Å². The fraction of sp³-hybridized carbons (Fsp3) is 0.500. The van der Waals surface area contributed by atoms with Crippen LogP contribution in [0.4, 0.5) is 0 Å². The third kappa shape index (κ3) is 5.95. The molecule has 0 radical (unpaired) electrons. The van der Waals surface area contributed by atoms with Crippen LogP contribution in [0, 0.1) is 0 Å². The Labute approximate surface area is 171 Å². The lowest BCUT2D eigenvalue weighted by atomic mass is 10.1. The van der Waals surface area contributed by atoms with Gasteiger partial charge in [-0.2, -0.15) is 0 Å². The molecule has 2 heterocycles. The summed E-state index contributed by atoms with van der Waals surface area (Å²) in [5.74, 6) is -0.276. The van der Waals surface area contributed by atoms with E-state index in [9.17, 15) is 9.59 Å². The van der Waals surface area contributed by atoms with Crippen LogP contribution in [0.5, 0.6) is 0 Å². The van der Waals surface area contributed by atoms with E-state index in [1.165, 1.54) is 5.01 Å². The van der Waals surface area contributed by atoms with Gasteiger partial charge in [0.25, 0.3) is 0 Å². The van der Waals surface area contributed by atoms with Crippen molar-refractivity contribution in [3.63, 3.8) is 0 Å². The van der Waals surface area contributed by atoms with Crippen LogP contribution < -0.4 is 10.7 Å². The molecule has 0 atom stereocenters. The first-order valence-electron chi connectivity index (χ1n) is 9.72. The molecule has 1 aromatic rings. The zero-order valence-corrected chi connectivity index (χ0v) is 17.0. The van der Waals surface area contributed by atoms with Crippen molar-refractivity contribution >= 4 is 29.1 Å². The molecule has 3 rings (SSSR count). The quantitative estimate of drug-likeness (QED) is 0.666. The molecule has 0 saturated carbocycles. The molecule has 0 aliphatic carbocycles. The largest absolute Gasteiger partial charge is 0.354 e. The second kappa shape index (κ2) is 9.91. The molecule has 2 N–H and O–H groups in total. The average Bonchev–Trinajstić information content (AvgIpc) is 2.69. The maximum absolute atomic E-state index is 12.2. The van der Waals surface area contributed by atoms with Crippen molar-refractivity contribution in [3.8, 4) is 0 Å². The van der Waals surface area contributed by atoms with Crippen molar-refractivity contribution in [1.29, 1.82) is 0 Å². The molecule has 0 unspecified atom stereocenters. The molecule has 8 heteroatoms. The minimum Gasteiger partial charge on any atom is -0.354 e. The normalized spacial score (nSPS) is 18.6. The number of nitrogens with zero attached hydrogens (tertiary/aromatic N) is 3. The van der Waals surface area contributed by atoms with Gasteiger partial charge < -0.3 is 15.1 Å². The molecule has 1 saturated heterocycles. The van der Waals surface area contributed by atoms with Crippen molar-refractivity contribution < 1.29 is 9.59 Å². The molecular formula is C20H28ClN5O2. The van der Waals surface area contributed by atoms with E-state index in [1.54, 1.807) is 12.1 Å². The summed E-state index contributed by atoms with van der Waals surface area (Å²) in [6.07, 6.45) is 3.00. The van der Waals surface area contributed by atoms with Gasteiger partial charge in [-0.3, -0.25) is 15.0 Å². The third-order valence-electron chi connectivity index (χ3n) is 5.06. The maximum atomic E-state index is 12.2. The second-order valence-electron chi connectivity index (χ2n) is 7.27. The van der Waals surface area contributed by atoms with Crippen LogP contribution in [-0.2, 0) is 9.59 Å². The third-order valence-corrected chi connectivity index (χ3v) is 5.32. The number of hydrogen-bond acceptors (Lipinski definition) is 5. The van der Waals surface area contributed by atoms with Crippen LogP contribution in [0.25, 0.3) is 5.70 Å². The summed E-state index contributed by atoms with van der Waals surface area (Å²) in [5, 5.41) is 4.95. The van der Waals surface area contributed by atoms with Gasteiger partial charge in [0, 0.05) is 44.2 Å². The van der Waals surface area contributed by atoms with E-state index >= 15 is 0 Å². The number of hydrazine groups is 1. The number of carbonyl (C=O) groups excluding carboxylic acids is 2. The van der Waals surface area contributed by atoms with Gasteiger partial charge in [0.2, 0.25) is 11.8 Å². The van der Waals surface area contributed by atoms with Gasteiger partial charge in [-0.25, -0.2) is 5.01 Å². The Morgan fingerprint density at radius 1 is 1.18 bits per heavy atom. The smallest absolute Gasteiger partial charge is 0.245 e. The zero-order valence-electron chi connectivity index (χ0n) is 16.3. The zero-order chi connectivity index (χ0) is 19.9. The standard InChI is InChI=1S/C20H28ClN5O2/c1-24-11-13-25(14-12-24)10-2-9-22-19(27)15-26-20(28)8-7-18(23-26)16-3-5-17(21)6-4-16/h3-7,23H,2,8-15H2,1H3,(H,22,27). The topological polar surface area (TPSA) is 67.9 Å². The Bertz CT molecular complexity index is 714. The molecular weight excluding hydrogens is 378 g/mol. The lowest BCUT2D eigenvalue weighted by Crippen LogP contribution is -2.49. The number of benzene rings is 1. The van der Waals surface area contributed by atoms with E-state index < -0.39 is 0 Å². The Balaban J connectivity index is 1.40. The number of rotatable bonds is 7. The van der Waals surface area contributed by atoms with E-state index in [2.05, 4.69) is 27.6 Å². The molecule has 1 fully saturated rings. The summed E-state index contributed by atoms with van der Waals surface area (Å²) in [4.78, 5) is 29.1. The SMILES string of the molecule is CN1CCN(CCCNC(=O)CN2NC(c3ccc(Cl)cc3)=CCC2=O)CC1. The molecule has 0 spiro atoms. The summed E-state index contributed by atoms with van der Waals surface area (Å²) in [5.41, 5.74) is 4.77. The van der Waals surface area contributed by atoms with E-state index in [0.717, 1.165) is 50.4 Å². The lowest BCUT2D eigenvalue weighted by molar-refractivity contribution is -0.137. The summed E-state index contributed by atoms with van der Waals surface area (Å²) < 4.78 is 0. The number of halogens is 1. The average molecular weight is 406 g/mol. The summed E-state index contributed by atoms with van der Waals surface area (Å²) in [7, 11) is 2.14. The second-order valence-corrected chi connectivity index (χ2v) is 7.71. The fourth-order valence-electron chi connectivity index (χ4n) is 3.29. The van der Waals surface area contributed by atoms with Gasteiger partial charge in [-0.1, -0.05) is 23.7 Å². The molecule has 2 aliphatic heterocycles. The van der Waals surface area contributed by atoms with E-state index in [4.69, 9.17) is 11.6 Å². The summed E-state index contributed by atoms with van der Waals surface area (Å²) in [6.45, 7) is 5.95. The number of carbonyl (C=O) groups is 2. The Kier molecular flexibility index (Phi) is 7.30. The molecule has 1 aromatic carbocycles. The summed E-state index contributed by atoms with van der Waals surface area (Å²) in [6, 6.07) is 7.36. The molecule has 152 valence electrons. The minimum atomic E-state index is -0.156. The Morgan fingerprint density at radius 3 is 2.61 bits per heavy atom. The van der Waals surface area contributed by atoms with Crippen molar-refractivity contribution in [3.05, 3.63) is 40.9 Å². The highest BCUT2D eigenvalue weighted by atomic mass is 35.5. The van der Waals surface area contributed by atoms with Gasteiger partial charge in [0.05, 0.1) is 5.70 Å². The maximum Gasteiger partial charge on any atom is 0.245 e. The molecule has 28 heavy (non-hydrogen) atoms. The van der Waals surface area contributed by atoms with Crippen LogP contribution in [0.1, 0.15) is 18.4 Å². The van der Waals surface area contributed by atoms with Gasteiger partial charge in [-0.05, 0) is 43.8 Å². The number of nitrogens with one attached hydrogen (secondary N) is 2. The first-order valence-corrected chi connectivity index (χ1v) is 10.1. The van der Waals surface area contributed by atoms with Gasteiger partial charge >= 0.3 is 0 Å². The predicted molar refractivity (Wildman–Crippen MR) is 110 cm³/mol. The lowest BCUT2D eigenvalue weighted by Gasteiger charge is -2.32. The highest BCUT2D eigenvalue weighted by Crippen LogP contribution is 2.19. The van der Waals surface area contributed by atoms with Gasteiger partial charge in [0.1, 0.15) is 6.54 Å². The predicted octanol–water partition coefficient (Wildman–Crippen LogP) is 1.17. The highest BCUT2D eigenvalue weighted by molar-refractivity contribution is 6.30. The van der Waals surface area contributed by atoms with Crippen molar-refractivity contribution in [2.45, 2.75) is 12.8 Å². The van der Waals surface area contributed by atoms with E-state index in [0.29, 0.717) is 11.6 Å². The Hall–Kier alpha value is -2.09. The Morgan fingerprint density at radius 2 is 1.89 bits per heavy atom. The van der Waals surface area contributed by atoms with Crippen LogP contribution in [0.15, 0.2) is 30.3 Å². The highest BCUT2D eigenvalue weighted by Gasteiger charge is 2.22. The van der Waals surface area contributed by atoms with Crippen molar-refractivity contribution in [2.24, 2.45) is 0 Å². The number of hydrogen-bond donors (Lipinski definition) is 2. The first kappa shape index (κ1) is 20.6. The van der Waals surface area contributed by atoms with E-state index in [-0.39, 0.29) is 24.8 Å². The summed E-state index contributed by atoms with van der Waals surface area (Å²) >= 11 is 5.93. The molecule has 2 amide bonds. The fourth-order valence-corrected chi connectivity index (χ4v) is 3.42. The number of likely N-dealkylation sites (N-methyl/N-ethyl adjacent to an activating group) is 1. The minimum absolute atomic E-state index is 0.00171. The van der Waals surface area contributed by atoms with Crippen LogP contribution in [-0.4, -0.2) is 79.5 Å². The first-order chi connectivity index (χ1) is 13.5. The molecule has 0 bridgehead atoms. The van der Waals surface area contributed by atoms with Crippen molar-refractivity contribution in [2.75, 3.05) is 52.9 Å².